The maximum absolute atomic E-state index is 10.7. The quantitative estimate of drug-likeness (QED) is 0.547. The third-order valence-electron chi connectivity index (χ3n) is 0.879. The van der Waals surface area contributed by atoms with E-state index in [1.807, 2.05) is 0 Å². The average molecular weight is 166 g/mol. The first-order valence-electron chi connectivity index (χ1n) is 3.05. The Morgan fingerprint density at radius 1 is 1.60 bits per heavy atom. The topological polar surface area (TPSA) is 76.2 Å². The zero-order valence-corrected chi connectivity index (χ0v) is 6.95. The van der Waals surface area contributed by atoms with Crippen LogP contribution in [-0.2, 0) is 14.5 Å². The van der Waals surface area contributed by atoms with E-state index in [0.29, 0.717) is 25.5 Å². The van der Waals surface area contributed by atoms with E-state index in [2.05, 4.69) is 0 Å². The lowest BCUT2D eigenvalue weighted by molar-refractivity contribution is 0.157. The number of hydrogen-bond donors (Lipinski definition) is 2. The van der Waals surface area contributed by atoms with Gasteiger partial charge in [0.05, 0.1) is 19.0 Å². The Labute approximate surface area is 61.7 Å². The van der Waals surface area contributed by atoms with Gasteiger partial charge in [0.15, 0.2) is 0 Å². The molecule has 0 radical (unpaired) electrons. The Morgan fingerprint density at radius 3 is 2.60 bits per heavy atom. The van der Waals surface area contributed by atoms with Gasteiger partial charge in [0, 0.05) is 22.5 Å². The summed E-state index contributed by atoms with van der Waals surface area (Å²) in [6.07, 6.45) is 1.40. The molecule has 10 heavy (non-hydrogen) atoms. The lowest BCUT2D eigenvalue weighted by atomic mass is 10.7. The van der Waals surface area contributed by atoms with Gasteiger partial charge in [-0.15, -0.1) is 0 Å². The first-order chi connectivity index (χ1) is 4.56. The van der Waals surface area contributed by atoms with Gasteiger partial charge in [-0.1, -0.05) is 0 Å². The molecule has 0 fully saturated rings. The molecule has 0 saturated carbocycles. The Bertz CT molecular complexity index is 164. The summed E-state index contributed by atoms with van der Waals surface area (Å²) in [7, 11) is -2.37. The van der Waals surface area contributed by atoms with Gasteiger partial charge in [-0.05, 0) is 0 Å². The lowest BCUT2D eigenvalue weighted by Gasteiger charge is -2.01. The Morgan fingerprint density at radius 2 is 2.20 bits per heavy atom. The molecule has 0 aliphatic carbocycles. The molecule has 0 aromatic rings. The third kappa shape index (κ3) is 7.87. The zero-order valence-electron chi connectivity index (χ0n) is 6.13. The van der Waals surface area contributed by atoms with Crippen molar-refractivity contribution in [3.05, 3.63) is 0 Å². The summed E-state index contributed by atoms with van der Waals surface area (Å²) in [6.45, 7) is 1.33. The van der Waals surface area contributed by atoms with E-state index in [0.717, 1.165) is 0 Å². The summed E-state index contributed by atoms with van der Waals surface area (Å²) in [4.78, 5) is 0. The number of hydrogen-bond acceptors (Lipinski definition) is 4. The van der Waals surface area contributed by atoms with Crippen molar-refractivity contribution in [3.63, 3.8) is 0 Å². The first kappa shape index (κ1) is 9.87. The molecule has 1 atom stereocenters. The summed E-state index contributed by atoms with van der Waals surface area (Å²) in [5.41, 5.74) is 5.14. The van der Waals surface area contributed by atoms with Crippen LogP contribution in [0.4, 0.5) is 0 Å². The van der Waals surface area contributed by atoms with Crippen LogP contribution < -0.4 is 5.73 Å². The molecule has 4 nitrogen and oxygen atoms in total. The molecule has 5 heteroatoms. The minimum absolute atomic E-state index is 0.299. The van der Waals surface area contributed by atoms with Gasteiger partial charge >= 0.3 is 0 Å². The molecule has 0 spiro atoms. The molecule has 62 valence electrons. The molecular formula is C5H14N2O2S. The highest BCUT2D eigenvalue weighted by atomic mass is 32.2. The first-order valence-corrected chi connectivity index (χ1v) is 5.19. The fourth-order valence-corrected chi connectivity index (χ4v) is 0.839. The van der Waals surface area contributed by atoms with Crippen LogP contribution in [-0.4, -0.2) is 36.0 Å². The molecule has 0 aromatic carbocycles. The van der Waals surface area contributed by atoms with E-state index in [1.165, 1.54) is 6.26 Å². The van der Waals surface area contributed by atoms with Crippen LogP contribution in [0.25, 0.3) is 0 Å². The maximum atomic E-state index is 10.7. The van der Waals surface area contributed by atoms with Gasteiger partial charge in [0.1, 0.15) is 0 Å². The molecule has 0 aliphatic heterocycles. The van der Waals surface area contributed by atoms with Crippen LogP contribution in [0.5, 0.6) is 0 Å². The normalized spacial score (nSPS) is 16.6. The highest BCUT2D eigenvalue weighted by Gasteiger charge is 1.95. The van der Waals surface area contributed by atoms with Crippen molar-refractivity contribution in [3.8, 4) is 0 Å². The molecule has 0 aliphatic rings. The highest BCUT2D eigenvalue weighted by Crippen LogP contribution is 1.84. The molecule has 0 rings (SSSR count). The Balaban J connectivity index is 3.21. The summed E-state index contributed by atoms with van der Waals surface area (Å²) in [5.74, 6) is 0.299. The molecule has 0 heterocycles. The second kappa shape index (κ2) is 4.65. The van der Waals surface area contributed by atoms with Crippen LogP contribution in [0.2, 0.25) is 0 Å². The molecule has 1 unspecified atom stereocenters. The monoisotopic (exact) mass is 166 g/mol. The standard InChI is InChI=1S/C5H14N2O2S/c1-10(7,8)5-4-9-3-2-6/h7H,2-6H2,1H3. The summed E-state index contributed by atoms with van der Waals surface area (Å²) < 4.78 is 22.6. The van der Waals surface area contributed by atoms with Crippen molar-refractivity contribution in [2.24, 2.45) is 5.73 Å². The van der Waals surface area contributed by atoms with Crippen molar-refractivity contribution in [2.45, 2.75) is 0 Å². The van der Waals surface area contributed by atoms with Gasteiger partial charge in [-0.3, -0.25) is 8.99 Å². The van der Waals surface area contributed by atoms with E-state index in [4.69, 9.17) is 15.3 Å². The van der Waals surface area contributed by atoms with Gasteiger partial charge in [-0.25, -0.2) is 0 Å². The van der Waals surface area contributed by atoms with Crippen molar-refractivity contribution < 1.29 is 8.95 Å². The van der Waals surface area contributed by atoms with Gasteiger partial charge in [0.2, 0.25) is 0 Å². The van der Waals surface area contributed by atoms with E-state index in [9.17, 15) is 4.21 Å². The van der Waals surface area contributed by atoms with Crippen molar-refractivity contribution in [1.82, 2.24) is 0 Å². The lowest BCUT2D eigenvalue weighted by Crippen LogP contribution is -2.14. The van der Waals surface area contributed by atoms with Crippen LogP contribution in [0.15, 0.2) is 0 Å². The van der Waals surface area contributed by atoms with Crippen molar-refractivity contribution in [1.29, 1.82) is 4.78 Å². The molecule has 3 N–H and O–H groups in total. The number of ether oxygens (including phenoxy) is 1. The van der Waals surface area contributed by atoms with Crippen LogP contribution in [0, 0.1) is 4.78 Å². The predicted molar refractivity (Wildman–Crippen MR) is 41.5 cm³/mol. The number of rotatable bonds is 5. The fraction of sp³-hybridized carbons (Fsp3) is 1.00. The smallest absolute Gasteiger partial charge is 0.0590 e. The summed E-state index contributed by atoms with van der Waals surface area (Å²) in [6, 6.07) is 0. The van der Waals surface area contributed by atoms with Crippen LogP contribution in [0.3, 0.4) is 0 Å². The highest BCUT2D eigenvalue weighted by molar-refractivity contribution is 7.91. The van der Waals surface area contributed by atoms with E-state index >= 15 is 0 Å². The second-order valence-electron chi connectivity index (χ2n) is 2.11. The third-order valence-corrected chi connectivity index (χ3v) is 1.83. The molecule has 0 saturated heterocycles. The van der Waals surface area contributed by atoms with E-state index in [1.54, 1.807) is 0 Å². The molecule has 0 aromatic heterocycles. The van der Waals surface area contributed by atoms with Gasteiger partial charge < -0.3 is 10.5 Å². The Hall–Kier alpha value is -0.130. The summed E-state index contributed by atoms with van der Waals surface area (Å²) in [5, 5.41) is 0. The van der Waals surface area contributed by atoms with Crippen molar-refractivity contribution in [2.75, 3.05) is 31.8 Å². The van der Waals surface area contributed by atoms with Crippen molar-refractivity contribution >= 4 is 9.73 Å². The second-order valence-corrected chi connectivity index (χ2v) is 4.53. The zero-order chi connectivity index (χ0) is 8.04. The summed E-state index contributed by atoms with van der Waals surface area (Å²) >= 11 is 0. The molecule has 0 bridgehead atoms. The molecular weight excluding hydrogens is 152 g/mol. The number of nitrogens with one attached hydrogen (secondary N) is 1. The Kier molecular flexibility index (Phi) is 4.59. The fourth-order valence-electron chi connectivity index (χ4n) is 0.403. The minimum Gasteiger partial charge on any atom is -0.379 e. The average Bonchev–Trinajstić information content (AvgIpc) is 1.78. The SMILES string of the molecule is CS(=N)(=O)CCOCCN. The van der Waals surface area contributed by atoms with Gasteiger partial charge in [-0.2, -0.15) is 0 Å². The number of nitrogens with two attached hydrogens (primary N) is 1. The predicted octanol–water partition coefficient (Wildman–Crippen LogP) is -0.362. The van der Waals surface area contributed by atoms with E-state index in [-0.39, 0.29) is 0 Å². The van der Waals surface area contributed by atoms with Crippen LogP contribution in [0.1, 0.15) is 0 Å². The largest absolute Gasteiger partial charge is 0.379 e. The van der Waals surface area contributed by atoms with Crippen LogP contribution >= 0.6 is 0 Å². The maximum Gasteiger partial charge on any atom is 0.0590 e. The van der Waals surface area contributed by atoms with E-state index < -0.39 is 9.73 Å². The minimum atomic E-state index is -2.37. The molecule has 0 amide bonds. The van der Waals surface area contributed by atoms with Gasteiger partial charge in [0.25, 0.3) is 0 Å².